The number of carbonyl (C=O) groups excluding carboxylic acids is 2. The van der Waals surface area contributed by atoms with Crippen LogP contribution in [-0.4, -0.2) is 25.2 Å². The molecule has 4 heteroatoms. The molecule has 0 unspecified atom stereocenters. The molecule has 0 aromatic carbocycles. The molecule has 0 amide bonds. The predicted molar refractivity (Wildman–Crippen MR) is 74.7 cm³/mol. The van der Waals surface area contributed by atoms with E-state index in [1.165, 1.54) is 19.3 Å². The summed E-state index contributed by atoms with van der Waals surface area (Å²) in [5.74, 6) is -1.18. The minimum absolute atomic E-state index is 0.0270. The van der Waals surface area contributed by atoms with Crippen molar-refractivity contribution in [1.29, 1.82) is 0 Å². The highest BCUT2D eigenvalue weighted by molar-refractivity contribution is 6.14. The van der Waals surface area contributed by atoms with Gasteiger partial charge in [0.05, 0.1) is 13.2 Å². The highest BCUT2D eigenvalue weighted by atomic mass is 16.6. The van der Waals surface area contributed by atoms with Gasteiger partial charge >= 0.3 is 11.9 Å². The summed E-state index contributed by atoms with van der Waals surface area (Å²) in [6.07, 6.45) is 8.06. The van der Waals surface area contributed by atoms with Gasteiger partial charge in [0, 0.05) is 0 Å². The van der Waals surface area contributed by atoms with E-state index < -0.39 is 11.9 Å². The van der Waals surface area contributed by atoms with Crippen molar-refractivity contribution >= 4 is 11.9 Å². The molecule has 0 aromatic rings. The first-order valence-electron chi connectivity index (χ1n) is 7.21. The third-order valence-electron chi connectivity index (χ3n) is 2.65. The third kappa shape index (κ3) is 8.41. The lowest BCUT2D eigenvalue weighted by Gasteiger charge is -2.06. The van der Waals surface area contributed by atoms with Gasteiger partial charge in [-0.2, -0.15) is 0 Å². The molecule has 0 aliphatic carbocycles. The van der Waals surface area contributed by atoms with E-state index in [1.54, 1.807) is 19.9 Å². The van der Waals surface area contributed by atoms with E-state index in [-0.39, 0.29) is 18.8 Å². The zero-order chi connectivity index (χ0) is 14.5. The Morgan fingerprint density at radius 3 is 1.84 bits per heavy atom. The Labute approximate surface area is 116 Å². The number of allylic oxidation sites excluding steroid dienone is 1. The lowest BCUT2D eigenvalue weighted by molar-refractivity contribution is -0.146. The molecule has 0 radical (unpaired) electrons. The van der Waals surface area contributed by atoms with Crippen LogP contribution < -0.4 is 0 Å². The van der Waals surface area contributed by atoms with E-state index >= 15 is 0 Å². The van der Waals surface area contributed by atoms with E-state index in [9.17, 15) is 9.59 Å². The highest BCUT2D eigenvalue weighted by Crippen LogP contribution is 2.09. The van der Waals surface area contributed by atoms with Gasteiger partial charge in [0.15, 0.2) is 0 Å². The second-order valence-corrected chi connectivity index (χ2v) is 4.26. The van der Waals surface area contributed by atoms with Gasteiger partial charge in [-0.3, -0.25) is 0 Å². The van der Waals surface area contributed by atoms with Crippen LogP contribution in [0, 0.1) is 0 Å². The fourth-order valence-electron chi connectivity index (χ4n) is 1.66. The van der Waals surface area contributed by atoms with Gasteiger partial charge in [0.1, 0.15) is 5.57 Å². The molecule has 0 heterocycles. The molecular formula is C15H26O4. The van der Waals surface area contributed by atoms with Crippen LogP contribution >= 0.6 is 0 Å². The van der Waals surface area contributed by atoms with Crippen LogP contribution in [0.4, 0.5) is 0 Å². The molecule has 0 spiro atoms. The molecule has 4 nitrogen and oxygen atoms in total. The normalized spacial score (nSPS) is 9.84. The van der Waals surface area contributed by atoms with E-state index in [4.69, 9.17) is 9.47 Å². The van der Waals surface area contributed by atoms with Gasteiger partial charge in [0.25, 0.3) is 0 Å². The first kappa shape index (κ1) is 17.7. The Kier molecular flexibility index (Phi) is 10.9. The van der Waals surface area contributed by atoms with Crippen molar-refractivity contribution in [2.24, 2.45) is 0 Å². The predicted octanol–water partition coefficient (Wildman–Crippen LogP) is 3.40. The fourth-order valence-corrected chi connectivity index (χ4v) is 1.66. The summed E-state index contributed by atoms with van der Waals surface area (Å²) in [5, 5.41) is 0. The summed E-state index contributed by atoms with van der Waals surface area (Å²) >= 11 is 0. The summed E-state index contributed by atoms with van der Waals surface area (Å²) in [4.78, 5) is 23.3. The summed E-state index contributed by atoms with van der Waals surface area (Å²) in [6.45, 7) is 6.11. The van der Waals surface area contributed by atoms with Gasteiger partial charge < -0.3 is 9.47 Å². The van der Waals surface area contributed by atoms with Crippen LogP contribution in [0.3, 0.4) is 0 Å². The minimum atomic E-state index is -0.588. The fraction of sp³-hybridized carbons (Fsp3) is 0.733. The van der Waals surface area contributed by atoms with Crippen molar-refractivity contribution in [2.45, 2.75) is 59.3 Å². The number of ether oxygens (including phenoxy) is 2. The summed E-state index contributed by atoms with van der Waals surface area (Å²) in [5.41, 5.74) is 0.0270. The maximum Gasteiger partial charge on any atom is 0.345 e. The maximum absolute atomic E-state index is 11.6. The van der Waals surface area contributed by atoms with Crippen LogP contribution in [0.15, 0.2) is 11.6 Å². The first-order valence-corrected chi connectivity index (χ1v) is 7.21. The largest absolute Gasteiger partial charge is 0.462 e. The topological polar surface area (TPSA) is 52.6 Å². The Hall–Kier alpha value is -1.32. The molecule has 0 saturated carbocycles. The number of hydrogen-bond donors (Lipinski definition) is 0. The van der Waals surface area contributed by atoms with Gasteiger partial charge in [-0.15, -0.1) is 0 Å². The Morgan fingerprint density at radius 1 is 0.842 bits per heavy atom. The zero-order valence-electron chi connectivity index (χ0n) is 12.4. The average Bonchev–Trinajstić information content (AvgIpc) is 2.38. The summed E-state index contributed by atoms with van der Waals surface area (Å²) < 4.78 is 9.72. The number of rotatable bonds is 10. The lowest BCUT2D eigenvalue weighted by atomic mass is 10.1. The number of unbranched alkanes of at least 4 members (excludes halogenated alkanes) is 5. The Morgan fingerprint density at radius 2 is 1.37 bits per heavy atom. The van der Waals surface area contributed by atoms with Crippen molar-refractivity contribution in [3.05, 3.63) is 11.6 Å². The van der Waals surface area contributed by atoms with Gasteiger partial charge in [-0.05, 0) is 26.7 Å². The van der Waals surface area contributed by atoms with Crippen LogP contribution in [0.5, 0.6) is 0 Å². The van der Waals surface area contributed by atoms with Crippen molar-refractivity contribution in [2.75, 3.05) is 13.2 Å². The van der Waals surface area contributed by atoms with Crippen molar-refractivity contribution in [3.8, 4) is 0 Å². The number of carbonyl (C=O) groups is 2. The molecule has 0 aliphatic rings. The molecule has 110 valence electrons. The molecule has 19 heavy (non-hydrogen) atoms. The van der Waals surface area contributed by atoms with E-state index in [0.717, 1.165) is 12.8 Å². The van der Waals surface area contributed by atoms with E-state index in [2.05, 4.69) is 6.92 Å². The summed E-state index contributed by atoms with van der Waals surface area (Å²) in [7, 11) is 0. The second kappa shape index (κ2) is 11.8. The second-order valence-electron chi connectivity index (χ2n) is 4.26. The molecule has 0 saturated heterocycles. The molecular weight excluding hydrogens is 244 g/mol. The average molecular weight is 270 g/mol. The SMILES string of the molecule is CCCCCCCC=C(C(=O)OCC)C(=O)OCC. The van der Waals surface area contributed by atoms with Crippen molar-refractivity contribution in [3.63, 3.8) is 0 Å². The lowest BCUT2D eigenvalue weighted by Crippen LogP contribution is -2.18. The zero-order valence-corrected chi connectivity index (χ0v) is 12.4. The van der Waals surface area contributed by atoms with Crippen LogP contribution in [0.1, 0.15) is 59.3 Å². The molecule has 0 fully saturated rings. The van der Waals surface area contributed by atoms with Crippen molar-refractivity contribution in [1.82, 2.24) is 0 Å². The molecule has 0 N–H and O–H groups in total. The first-order chi connectivity index (χ1) is 9.17. The third-order valence-corrected chi connectivity index (χ3v) is 2.65. The van der Waals surface area contributed by atoms with E-state index in [1.807, 2.05) is 0 Å². The highest BCUT2D eigenvalue weighted by Gasteiger charge is 2.20. The summed E-state index contributed by atoms with van der Waals surface area (Å²) in [6, 6.07) is 0. The van der Waals surface area contributed by atoms with Crippen molar-refractivity contribution < 1.29 is 19.1 Å². The molecule has 0 bridgehead atoms. The molecule has 0 aliphatic heterocycles. The smallest absolute Gasteiger partial charge is 0.345 e. The molecule has 0 aromatic heterocycles. The van der Waals surface area contributed by atoms with Crippen LogP contribution in [0.25, 0.3) is 0 Å². The van der Waals surface area contributed by atoms with E-state index in [0.29, 0.717) is 6.42 Å². The quantitative estimate of drug-likeness (QED) is 0.201. The van der Waals surface area contributed by atoms with Crippen LogP contribution in [0.2, 0.25) is 0 Å². The monoisotopic (exact) mass is 270 g/mol. The van der Waals surface area contributed by atoms with Crippen LogP contribution in [-0.2, 0) is 19.1 Å². The van der Waals surface area contributed by atoms with Gasteiger partial charge in [-0.25, -0.2) is 9.59 Å². The Balaban J connectivity index is 4.31. The Bertz CT molecular complexity index is 275. The number of hydrogen-bond acceptors (Lipinski definition) is 4. The van der Waals surface area contributed by atoms with Gasteiger partial charge in [-0.1, -0.05) is 38.7 Å². The molecule has 0 rings (SSSR count). The minimum Gasteiger partial charge on any atom is -0.462 e. The number of esters is 2. The standard InChI is InChI=1S/C15H26O4/c1-4-7-8-9-10-11-12-13(14(16)18-5-2)15(17)19-6-3/h12H,4-11H2,1-3H3. The maximum atomic E-state index is 11.6. The van der Waals surface area contributed by atoms with Gasteiger partial charge in [0.2, 0.25) is 0 Å². The molecule has 0 atom stereocenters.